The molecule has 0 N–H and O–H groups in total. The van der Waals surface area contributed by atoms with Crippen LogP contribution in [0.2, 0.25) is 0 Å². The number of hydrogen-bond acceptors (Lipinski definition) is 6. The van der Waals surface area contributed by atoms with Gasteiger partial charge in [-0.05, 0) is 31.2 Å². The molecule has 0 radical (unpaired) electrons. The highest BCUT2D eigenvalue weighted by atomic mass is 32.1. The minimum atomic E-state index is -0.00631. The lowest BCUT2D eigenvalue weighted by atomic mass is 10.2. The van der Waals surface area contributed by atoms with Gasteiger partial charge >= 0.3 is 0 Å². The van der Waals surface area contributed by atoms with Gasteiger partial charge in [-0.15, -0.1) is 0 Å². The maximum atomic E-state index is 12.5. The van der Waals surface area contributed by atoms with Crippen LogP contribution in [-0.4, -0.2) is 53.6 Å². The summed E-state index contributed by atoms with van der Waals surface area (Å²) in [6.07, 6.45) is 1.65. The van der Waals surface area contributed by atoms with Crippen LogP contribution in [0.4, 0.5) is 5.13 Å². The Balaban J connectivity index is 1.47. The molecule has 0 atom stereocenters. The molecule has 7 heteroatoms. The third-order valence-corrected chi connectivity index (χ3v) is 5.47. The number of nitrogens with zero attached hydrogens (tertiary/aromatic N) is 4. The molecule has 0 aliphatic carbocycles. The molecule has 26 heavy (non-hydrogen) atoms. The fourth-order valence-electron chi connectivity index (χ4n) is 3.07. The Kier molecular flexibility index (Phi) is 4.71. The van der Waals surface area contributed by atoms with Crippen LogP contribution in [0.25, 0.3) is 10.2 Å². The number of thiazole rings is 1. The summed E-state index contributed by atoms with van der Waals surface area (Å²) in [5.41, 5.74) is 1.42. The zero-order valence-corrected chi connectivity index (χ0v) is 15.4. The molecule has 0 unspecified atom stereocenters. The van der Waals surface area contributed by atoms with Crippen molar-refractivity contribution in [1.29, 1.82) is 0 Å². The van der Waals surface area contributed by atoms with Gasteiger partial charge in [-0.25, -0.2) is 4.98 Å². The number of carbonyl (C=O) groups excluding carboxylic acids is 1. The van der Waals surface area contributed by atoms with Crippen LogP contribution >= 0.6 is 11.3 Å². The maximum Gasteiger partial charge on any atom is 0.272 e. The number of anilines is 1. The van der Waals surface area contributed by atoms with Gasteiger partial charge in [-0.3, -0.25) is 9.78 Å². The van der Waals surface area contributed by atoms with Gasteiger partial charge in [-0.2, -0.15) is 0 Å². The monoisotopic (exact) mass is 368 g/mol. The topological polar surface area (TPSA) is 58.6 Å². The lowest BCUT2D eigenvalue weighted by Crippen LogP contribution is -2.49. The third kappa shape index (κ3) is 3.22. The summed E-state index contributed by atoms with van der Waals surface area (Å²) in [5.74, 6) is 0.824. The Hall–Kier alpha value is -2.67. The molecule has 4 rings (SSSR count). The second-order valence-electron chi connectivity index (χ2n) is 6.03. The molecule has 0 spiro atoms. The van der Waals surface area contributed by atoms with Gasteiger partial charge in [0.25, 0.3) is 5.91 Å². The average Bonchev–Trinajstić information content (AvgIpc) is 3.14. The maximum absolute atomic E-state index is 12.5. The number of pyridine rings is 1. The molecular formula is C19H20N4O2S. The van der Waals surface area contributed by atoms with Crippen molar-refractivity contribution in [3.05, 3.63) is 48.3 Å². The number of carbonyl (C=O) groups is 1. The van der Waals surface area contributed by atoms with E-state index >= 15 is 0 Å². The average molecular weight is 368 g/mol. The molecule has 1 saturated heterocycles. The van der Waals surface area contributed by atoms with Gasteiger partial charge < -0.3 is 14.5 Å². The van der Waals surface area contributed by atoms with E-state index in [0.717, 1.165) is 34.2 Å². The fourth-order valence-corrected chi connectivity index (χ4v) is 4.11. The van der Waals surface area contributed by atoms with E-state index in [1.165, 1.54) is 0 Å². The zero-order valence-electron chi connectivity index (χ0n) is 14.6. The minimum Gasteiger partial charge on any atom is -0.492 e. The Morgan fingerprint density at radius 2 is 2.00 bits per heavy atom. The molecule has 2 aromatic heterocycles. The van der Waals surface area contributed by atoms with Crippen LogP contribution in [0, 0.1) is 0 Å². The number of para-hydroxylation sites is 1. The van der Waals surface area contributed by atoms with E-state index in [-0.39, 0.29) is 5.91 Å². The molecule has 1 aliphatic rings. The summed E-state index contributed by atoms with van der Waals surface area (Å²) in [7, 11) is 0. The van der Waals surface area contributed by atoms with Crippen LogP contribution in [0.15, 0.2) is 42.6 Å². The Morgan fingerprint density at radius 3 is 2.73 bits per heavy atom. The van der Waals surface area contributed by atoms with E-state index in [2.05, 4.69) is 16.0 Å². The number of piperazine rings is 1. The van der Waals surface area contributed by atoms with Crippen molar-refractivity contribution in [2.24, 2.45) is 0 Å². The second kappa shape index (κ2) is 7.29. The normalized spacial score (nSPS) is 14.7. The SMILES string of the molecule is CCOc1cccc2sc(N3CCN(C(=O)c4ccccn4)CC3)nc12. The van der Waals surface area contributed by atoms with Crippen LogP contribution in [-0.2, 0) is 0 Å². The van der Waals surface area contributed by atoms with Gasteiger partial charge in [0.05, 0.1) is 11.3 Å². The van der Waals surface area contributed by atoms with Crippen molar-refractivity contribution in [2.75, 3.05) is 37.7 Å². The highest BCUT2D eigenvalue weighted by molar-refractivity contribution is 7.22. The van der Waals surface area contributed by atoms with Crippen molar-refractivity contribution in [3.8, 4) is 5.75 Å². The van der Waals surface area contributed by atoms with E-state index in [0.29, 0.717) is 25.4 Å². The summed E-state index contributed by atoms with van der Waals surface area (Å²) in [6, 6.07) is 11.4. The molecule has 1 amide bonds. The molecule has 0 bridgehead atoms. The molecule has 0 saturated carbocycles. The molecule has 1 aromatic carbocycles. The Morgan fingerprint density at radius 1 is 1.15 bits per heavy atom. The number of aromatic nitrogens is 2. The van der Waals surface area contributed by atoms with Crippen molar-refractivity contribution in [2.45, 2.75) is 6.92 Å². The fraction of sp³-hybridized carbons (Fsp3) is 0.316. The predicted octanol–water partition coefficient (Wildman–Crippen LogP) is 3.05. The number of amides is 1. The van der Waals surface area contributed by atoms with Gasteiger partial charge in [0.2, 0.25) is 0 Å². The van der Waals surface area contributed by atoms with Crippen molar-refractivity contribution in [1.82, 2.24) is 14.9 Å². The Bertz CT molecular complexity index is 904. The van der Waals surface area contributed by atoms with E-state index in [1.807, 2.05) is 36.1 Å². The first-order valence-corrected chi connectivity index (χ1v) is 9.55. The smallest absolute Gasteiger partial charge is 0.272 e. The standard InChI is InChI=1S/C19H20N4O2S/c1-2-25-15-7-5-8-16-17(15)21-19(26-16)23-12-10-22(11-13-23)18(24)14-6-3-4-9-20-14/h3-9H,2,10-13H2,1H3. The van der Waals surface area contributed by atoms with Crippen LogP contribution in [0.3, 0.4) is 0 Å². The van der Waals surface area contributed by atoms with E-state index < -0.39 is 0 Å². The highest BCUT2D eigenvalue weighted by Crippen LogP contribution is 2.34. The van der Waals surface area contributed by atoms with E-state index in [1.54, 1.807) is 23.6 Å². The van der Waals surface area contributed by atoms with Gasteiger partial charge in [-0.1, -0.05) is 23.5 Å². The number of rotatable bonds is 4. The molecule has 1 fully saturated rings. The second-order valence-corrected chi connectivity index (χ2v) is 7.04. The van der Waals surface area contributed by atoms with Crippen molar-refractivity contribution >= 4 is 32.6 Å². The molecular weight excluding hydrogens is 348 g/mol. The van der Waals surface area contributed by atoms with Crippen molar-refractivity contribution in [3.63, 3.8) is 0 Å². The lowest BCUT2D eigenvalue weighted by molar-refractivity contribution is 0.0741. The van der Waals surface area contributed by atoms with Crippen LogP contribution in [0.1, 0.15) is 17.4 Å². The zero-order chi connectivity index (χ0) is 17.9. The summed E-state index contributed by atoms with van der Waals surface area (Å²) in [5, 5.41) is 0.983. The lowest BCUT2D eigenvalue weighted by Gasteiger charge is -2.34. The number of ether oxygens (including phenoxy) is 1. The van der Waals surface area contributed by atoms with Gasteiger partial charge in [0.15, 0.2) is 5.13 Å². The summed E-state index contributed by atoms with van der Waals surface area (Å²) in [6.45, 7) is 5.47. The highest BCUT2D eigenvalue weighted by Gasteiger charge is 2.24. The number of benzene rings is 1. The van der Waals surface area contributed by atoms with Crippen molar-refractivity contribution < 1.29 is 9.53 Å². The van der Waals surface area contributed by atoms with Crippen LogP contribution < -0.4 is 9.64 Å². The molecule has 3 aromatic rings. The van der Waals surface area contributed by atoms with E-state index in [4.69, 9.17) is 9.72 Å². The largest absolute Gasteiger partial charge is 0.492 e. The van der Waals surface area contributed by atoms with Crippen LogP contribution in [0.5, 0.6) is 5.75 Å². The first-order valence-electron chi connectivity index (χ1n) is 8.74. The Labute approximate surface area is 156 Å². The summed E-state index contributed by atoms with van der Waals surface area (Å²) >= 11 is 1.67. The summed E-state index contributed by atoms with van der Waals surface area (Å²) < 4.78 is 6.81. The third-order valence-electron chi connectivity index (χ3n) is 4.39. The summed E-state index contributed by atoms with van der Waals surface area (Å²) in [4.78, 5) is 25.6. The number of hydrogen-bond donors (Lipinski definition) is 0. The first-order chi connectivity index (χ1) is 12.8. The first kappa shape index (κ1) is 16.8. The van der Waals surface area contributed by atoms with Gasteiger partial charge in [0.1, 0.15) is 17.0 Å². The van der Waals surface area contributed by atoms with Gasteiger partial charge in [0, 0.05) is 32.4 Å². The molecule has 1 aliphatic heterocycles. The molecule has 134 valence electrons. The minimum absolute atomic E-state index is 0.00631. The predicted molar refractivity (Wildman–Crippen MR) is 103 cm³/mol. The quantitative estimate of drug-likeness (QED) is 0.708. The molecule has 6 nitrogen and oxygen atoms in total. The number of fused-ring (bicyclic) bond motifs is 1. The molecule has 3 heterocycles. The van der Waals surface area contributed by atoms with E-state index in [9.17, 15) is 4.79 Å².